The fourth-order valence-corrected chi connectivity index (χ4v) is 2.53. The Kier molecular flexibility index (Phi) is 3.43. The van der Waals surface area contributed by atoms with Gasteiger partial charge in [-0.3, -0.25) is 0 Å². The van der Waals surface area contributed by atoms with Crippen LogP contribution < -0.4 is 10.5 Å². The third-order valence-corrected chi connectivity index (χ3v) is 3.66. The molecule has 2 rings (SSSR count). The van der Waals surface area contributed by atoms with Gasteiger partial charge >= 0.3 is 0 Å². The van der Waals surface area contributed by atoms with Crippen LogP contribution in [0.3, 0.4) is 0 Å². The molecule has 0 saturated heterocycles. The van der Waals surface area contributed by atoms with Crippen LogP contribution in [0.25, 0.3) is 0 Å². The van der Waals surface area contributed by atoms with Crippen molar-refractivity contribution in [1.82, 2.24) is 0 Å². The SMILES string of the molecule is Cc1cccc(OC2CC(C)(C)CCC2N)c1. The zero-order chi connectivity index (χ0) is 12.5. The van der Waals surface area contributed by atoms with Gasteiger partial charge in [0.2, 0.25) is 0 Å². The molecule has 2 nitrogen and oxygen atoms in total. The van der Waals surface area contributed by atoms with Crippen LogP contribution in [-0.4, -0.2) is 12.1 Å². The summed E-state index contributed by atoms with van der Waals surface area (Å²) >= 11 is 0. The van der Waals surface area contributed by atoms with E-state index in [0.717, 1.165) is 18.6 Å². The van der Waals surface area contributed by atoms with Crippen LogP contribution in [0.5, 0.6) is 5.75 Å². The van der Waals surface area contributed by atoms with Gasteiger partial charge in [-0.05, 0) is 49.3 Å². The number of ether oxygens (including phenoxy) is 1. The zero-order valence-electron chi connectivity index (χ0n) is 11.1. The zero-order valence-corrected chi connectivity index (χ0v) is 11.1. The third-order valence-electron chi connectivity index (χ3n) is 3.66. The third kappa shape index (κ3) is 3.22. The Morgan fingerprint density at radius 2 is 2.12 bits per heavy atom. The minimum atomic E-state index is 0.153. The summed E-state index contributed by atoms with van der Waals surface area (Å²) in [4.78, 5) is 0. The smallest absolute Gasteiger partial charge is 0.120 e. The van der Waals surface area contributed by atoms with E-state index in [0.29, 0.717) is 5.41 Å². The lowest BCUT2D eigenvalue weighted by molar-refractivity contribution is 0.0669. The summed E-state index contributed by atoms with van der Waals surface area (Å²) in [5.41, 5.74) is 7.74. The van der Waals surface area contributed by atoms with Crippen molar-refractivity contribution in [1.29, 1.82) is 0 Å². The van der Waals surface area contributed by atoms with E-state index in [1.807, 2.05) is 12.1 Å². The highest BCUT2D eigenvalue weighted by molar-refractivity contribution is 5.27. The van der Waals surface area contributed by atoms with Gasteiger partial charge in [-0.2, -0.15) is 0 Å². The van der Waals surface area contributed by atoms with Gasteiger partial charge in [0.05, 0.1) is 0 Å². The molecule has 0 amide bonds. The number of hydrogen-bond acceptors (Lipinski definition) is 2. The van der Waals surface area contributed by atoms with Crippen LogP contribution in [0.1, 0.15) is 38.7 Å². The standard InChI is InChI=1S/C15H23NO/c1-11-5-4-6-12(9-11)17-14-10-15(2,3)8-7-13(14)16/h4-6,9,13-14H,7-8,10,16H2,1-3H3. The van der Waals surface area contributed by atoms with Gasteiger partial charge in [-0.1, -0.05) is 26.0 Å². The first-order chi connectivity index (χ1) is 7.96. The van der Waals surface area contributed by atoms with Gasteiger partial charge in [0, 0.05) is 6.04 Å². The molecule has 2 heteroatoms. The van der Waals surface area contributed by atoms with Crippen molar-refractivity contribution in [3.05, 3.63) is 29.8 Å². The Morgan fingerprint density at radius 1 is 1.35 bits per heavy atom. The van der Waals surface area contributed by atoms with Crippen LogP contribution in [0.15, 0.2) is 24.3 Å². The monoisotopic (exact) mass is 233 g/mol. The van der Waals surface area contributed by atoms with Crippen molar-refractivity contribution in [2.45, 2.75) is 52.2 Å². The molecule has 1 saturated carbocycles. The van der Waals surface area contributed by atoms with Crippen LogP contribution in [0.2, 0.25) is 0 Å². The number of aryl methyl sites for hydroxylation is 1. The Hall–Kier alpha value is -1.02. The highest BCUT2D eigenvalue weighted by Crippen LogP contribution is 2.36. The van der Waals surface area contributed by atoms with E-state index in [9.17, 15) is 0 Å². The minimum Gasteiger partial charge on any atom is -0.489 e. The molecule has 1 aromatic carbocycles. The van der Waals surface area contributed by atoms with Gasteiger partial charge in [0.25, 0.3) is 0 Å². The molecule has 0 aliphatic heterocycles. The van der Waals surface area contributed by atoms with Crippen molar-refractivity contribution in [2.75, 3.05) is 0 Å². The van der Waals surface area contributed by atoms with Gasteiger partial charge in [-0.15, -0.1) is 0 Å². The van der Waals surface area contributed by atoms with E-state index in [1.165, 1.54) is 12.0 Å². The van der Waals surface area contributed by atoms with Gasteiger partial charge in [0.1, 0.15) is 11.9 Å². The second-order valence-corrected chi connectivity index (χ2v) is 6.04. The van der Waals surface area contributed by atoms with E-state index in [1.54, 1.807) is 0 Å². The predicted molar refractivity (Wildman–Crippen MR) is 71.2 cm³/mol. The molecule has 2 N–H and O–H groups in total. The van der Waals surface area contributed by atoms with Crippen LogP contribution >= 0.6 is 0 Å². The normalized spacial score (nSPS) is 27.8. The maximum absolute atomic E-state index is 6.16. The molecule has 2 atom stereocenters. The minimum absolute atomic E-state index is 0.153. The maximum Gasteiger partial charge on any atom is 0.120 e. The lowest BCUT2D eigenvalue weighted by Crippen LogP contribution is -2.46. The molecular weight excluding hydrogens is 210 g/mol. The first kappa shape index (κ1) is 12.4. The van der Waals surface area contributed by atoms with Crippen molar-refractivity contribution < 1.29 is 4.74 Å². The van der Waals surface area contributed by atoms with Crippen molar-refractivity contribution >= 4 is 0 Å². The lowest BCUT2D eigenvalue weighted by Gasteiger charge is -2.39. The Labute approximate surface area is 104 Å². The van der Waals surface area contributed by atoms with E-state index in [4.69, 9.17) is 10.5 Å². The highest BCUT2D eigenvalue weighted by Gasteiger charge is 2.34. The number of rotatable bonds is 2. The molecule has 2 unspecified atom stereocenters. The summed E-state index contributed by atoms with van der Waals surface area (Å²) < 4.78 is 6.06. The summed E-state index contributed by atoms with van der Waals surface area (Å²) in [6, 6.07) is 8.38. The number of benzene rings is 1. The summed E-state index contributed by atoms with van der Waals surface area (Å²) in [6.45, 7) is 6.68. The van der Waals surface area contributed by atoms with E-state index in [2.05, 4.69) is 32.9 Å². The van der Waals surface area contributed by atoms with Gasteiger partial charge in [0.15, 0.2) is 0 Å². The van der Waals surface area contributed by atoms with E-state index < -0.39 is 0 Å². The Bertz CT molecular complexity index is 386. The molecule has 1 aliphatic rings. The molecule has 1 fully saturated rings. The molecule has 0 aromatic heterocycles. The molecule has 94 valence electrons. The summed E-state index contributed by atoms with van der Waals surface area (Å²) in [6.07, 6.45) is 3.45. The average Bonchev–Trinajstić information content (AvgIpc) is 2.23. The molecular formula is C15H23NO. The van der Waals surface area contributed by atoms with Crippen molar-refractivity contribution in [2.24, 2.45) is 11.1 Å². The second kappa shape index (κ2) is 4.69. The Morgan fingerprint density at radius 3 is 2.82 bits per heavy atom. The molecule has 0 radical (unpaired) electrons. The quantitative estimate of drug-likeness (QED) is 0.850. The first-order valence-electron chi connectivity index (χ1n) is 6.45. The summed E-state index contributed by atoms with van der Waals surface area (Å²) in [7, 11) is 0. The Balaban J connectivity index is 2.06. The van der Waals surface area contributed by atoms with Crippen molar-refractivity contribution in [3.8, 4) is 5.75 Å². The van der Waals surface area contributed by atoms with Crippen LogP contribution in [-0.2, 0) is 0 Å². The topological polar surface area (TPSA) is 35.2 Å². The number of hydrogen-bond donors (Lipinski definition) is 1. The molecule has 1 aliphatic carbocycles. The average molecular weight is 233 g/mol. The van der Waals surface area contributed by atoms with Crippen molar-refractivity contribution in [3.63, 3.8) is 0 Å². The van der Waals surface area contributed by atoms with E-state index in [-0.39, 0.29) is 12.1 Å². The first-order valence-corrected chi connectivity index (χ1v) is 6.45. The summed E-state index contributed by atoms with van der Waals surface area (Å²) in [5.74, 6) is 0.947. The van der Waals surface area contributed by atoms with Crippen LogP contribution in [0, 0.1) is 12.3 Å². The number of nitrogens with two attached hydrogens (primary N) is 1. The molecule has 0 spiro atoms. The maximum atomic E-state index is 6.16. The molecule has 17 heavy (non-hydrogen) atoms. The lowest BCUT2D eigenvalue weighted by atomic mass is 9.74. The van der Waals surface area contributed by atoms with Crippen LogP contribution in [0.4, 0.5) is 0 Å². The highest BCUT2D eigenvalue weighted by atomic mass is 16.5. The summed E-state index contributed by atoms with van der Waals surface area (Å²) in [5, 5.41) is 0. The van der Waals surface area contributed by atoms with E-state index >= 15 is 0 Å². The second-order valence-electron chi connectivity index (χ2n) is 6.04. The molecule has 0 bridgehead atoms. The fraction of sp³-hybridized carbons (Fsp3) is 0.600. The molecule has 1 aromatic rings. The fourth-order valence-electron chi connectivity index (χ4n) is 2.53. The predicted octanol–water partition coefficient (Wildman–Crippen LogP) is 3.28. The van der Waals surface area contributed by atoms with Gasteiger partial charge < -0.3 is 10.5 Å². The molecule has 0 heterocycles. The largest absolute Gasteiger partial charge is 0.489 e. The van der Waals surface area contributed by atoms with Gasteiger partial charge in [-0.25, -0.2) is 0 Å².